The molecular weight excluding hydrogens is 540 g/mol. The fourth-order valence-corrected chi connectivity index (χ4v) is 4.87. The molecule has 1 saturated heterocycles. The standard InChI is InChI=1S/C15H27N3O6S2.Gd/c1-10(13(19)20)16-4-5-17(11(2)14(21)22)8-9-26(25)18(7-6-16)12(3)15(23)24;/h10-12H,4-9H2,1-3H3,(H,19,20)(H,21,22)(H,23,24);/q;+3/p-3. The predicted molar refractivity (Wildman–Crippen MR) is 92.9 cm³/mol. The van der Waals surface area contributed by atoms with Gasteiger partial charge in [0.25, 0.3) is 0 Å². The third kappa shape index (κ3) is 8.21. The summed E-state index contributed by atoms with van der Waals surface area (Å²) in [6.45, 7) is 5.95. The van der Waals surface area contributed by atoms with E-state index in [9.17, 15) is 29.7 Å². The Hall–Kier alpha value is 0.185. The molecule has 0 N–H and O–H groups in total. The Bertz CT molecular complexity index is 568. The van der Waals surface area contributed by atoms with Crippen LogP contribution in [0.2, 0.25) is 0 Å². The molecule has 1 radical (unpaired) electrons. The Kier molecular flexibility index (Phi) is 12.8. The van der Waals surface area contributed by atoms with E-state index in [0.29, 0.717) is 25.4 Å². The van der Waals surface area contributed by atoms with Gasteiger partial charge in [-0.15, -0.1) is 0 Å². The van der Waals surface area contributed by atoms with Crippen molar-refractivity contribution in [2.75, 3.05) is 38.5 Å². The van der Waals surface area contributed by atoms with E-state index in [1.165, 1.54) is 20.8 Å². The first-order valence-electron chi connectivity index (χ1n) is 8.32. The van der Waals surface area contributed by atoms with Crippen LogP contribution in [0.3, 0.4) is 0 Å². The van der Waals surface area contributed by atoms with Gasteiger partial charge in [0, 0.05) is 50.6 Å². The molecule has 0 aliphatic carbocycles. The summed E-state index contributed by atoms with van der Waals surface area (Å²) in [6.07, 6.45) is 0. The van der Waals surface area contributed by atoms with E-state index in [-0.39, 0.29) is 53.0 Å². The van der Waals surface area contributed by atoms with E-state index in [2.05, 4.69) is 0 Å². The second-order valence-electron chi connectivity index (χ2n) is 6.22. The molecule has 155 valence electrons. The van der Waals surface area contributed by atoms with E-state index in [1.807, 2.05) is 0 Å². The van der Waals surface area contributed by atoms with Gasteiger partial charge in [0.15, 0.2) is 0 Å². The van der Waals surface area contributed by atoms with E-state index >= 15 is 0 Å². The van der Waals surface area contributed by atoms with Crippen LogP contribution >= 0.6 is 0 Å². The molecular formula is C15H24GdN3O6S2. The largest absolute Gasteiger partial charge is 3.00 e. The van der Waals surface area contributed by atoms with E-state index in [4.69, 9.17) is 11.2 Å². The van der Waals surface area contributed by atoms with E-state index < -0.39 is 45.7 Å². The summed E-state index contributed by atoms with van der Waals surface area (Å²) >= 11 is 5.44. The Labute approximate surface area is 198 Å². The van der Waals surface area contributed by atoms with Gasteiger partial charge in [0.1, 0.15) is 0 Å². The van der Waals surface area contributed by atoms with Gasteiger partial charge in [-0.25, -0.2) is 4.31 Å². The summed E-state index contributed by atoms with van der Waals surface area (Å²) in [4.78, 5) is 37.0. The first kappa shape index (κ1) is 27.2. The van der Waals surface area contributed by atoms with Crippen molar-refractivity contribution in [3.63, 3.8) is 0 Å². The van der Waals surface area contributed by atoms with Crippen LogP contribution in [0.25, 0.3) is 0 Å². The molecule has 1 aliphatic heterocycles. The maximum absolute atomic E-state index is 11.3. The molecule has 27 heavy (non-hydrogen) atoms. The third-order valence-corrected chi connectivity index (χ3v) is 7.28. The molecule has 1 rings (SSSR count). The van der Waals surface area contributed by atoms with Crippen LogP contribution in [0, 0.1) is 39.9 Å². The summed E-state index contributed by atoms with van der Waals surface area (Å²) in [7, 11) is -0.864. The zero-order valence-corrected chi connectivity index (χ0v) is 19.3. The summed E-state index contributed by atoms with van der Waals surface area (Å²) in [6, 6.07) is -2.70. The third-order valence-electron chi connectivity index (χ3n) is 4.65. The first-order valence-corrected chi connectivity index (χ1v) is 10.6. The van der Waals surface area contributed by atoms with Crippen molar-refractivity contribution in [3.8, 4) is 0 Å². The summed E-state index contributed by atoms with van der Waals surface area (Å²) in [5.41, 5.74) is 0. The maximum Gasteiger partial charge on any atom is 3.00 e. The van der Waals surface area contributed by atoms with Crippen molar-refractivity contribution < 1.29 is 69.6 Å². The summed E-state index contributed by atoms with van der Waals surface area (Å²) in [5, 5.41) is 33.8. The van der Waals surface area contributed by atoms with Crippen molar-refractivity contribution in [2.24, 2.45) is 0 Å². The smallest absolute Gasteiger partial charge is 0.548 e. The van der Waals surface area contributed by atoms with Crippen LogP contribution in [0.5, 0.6) is 0 Å². The molecule has 0 bridgehead atoms. The van der Waals surface area contributed by atoms with Crippen LogP contribution in [0.1, 0.15) is 20.8 Å². The van der Waals surface area contributed by atoms with Crippen molar-refractivity contribution in [3.05, 3.63) is 0 Å². The van der Waals surface area contributed by atoms with Gasteiger partial charge >= 0.3 is 39.9 Å². The topological polar surface area (TPSA) is 130 Å². The minimum Gasteiger partial charge on any atom is -0.548 e. The fourth-order valence-electron chi connectivity index (χ4n) is 2.68. The van der Waals surface area contributed by atoms with Crippen molar-refractivity contribution in [1.82, 2.24) is 14.1 Å². The molecule has 9 nitrogen and oxygen atoms in total. The van der Waals surface area contributed by atoms with Gasteiger partial charge in [-0.3, -0.25) is 9.80 Å². The van der Waals surface area contributed by atoms with Gasteiger partial charge in [0.05, 0.1) is 23.9 Å². The van der Waals surface area contributed by atoms with Gasteiger partial charge < -0.3 is 29.7 Å². The number of carbonyl (C=O) groups is 3. The minimum absolute atomic E-state index is 0. The van der Waals surface area contributed by atoms with Crippen molar-refractivity contribution in [2.45, 2.75) is 38.9 Å². The normalized spacial score (nSPS) is 24.2. The number of aliphatic carboxylic acids is 3. The second-order valence-corrected chi connectivity index (χ2v) is 8.90. The molecule has 1 heterocycles. The summed E-state index contributed by atoms with van der Waals surface area (Å²) < 4.78 is 1.59. The quantitative estimate of drug-likeness (QED) is 0.311. The monoisotopic (exact) mass is 564 g/mol. The Morgan fingerprint density at radius 3 is 1.56 bits per heavy atom. The number of nitrogens with zero attached hydrogens (tertiary/aromatic N) is 3. The average Bonchev–Trinajstić information content (AvgIpc) is 2.57. The van der Waals surface area contributed by atoms with Crippen LogP contribution < -0.4 is 15.3 Å². The molecule has 4 atom stereocenters. The fraction of sp³-hybridized carbons (Fsp3) is 0.800. The molecule has 4 unspecified atom stereocenters. The molecule has 0 saturated carbocycles. The number of rotatable bonds is 6. The van der Waals surface area contributed by atoms with E-state index in [1.54, 1.807) is 14.1 Å². The number of hydrogen-bond donors (Lipinski definition) is 0. The molecule has 0 spiro atoms. The van der Waals surface area contributed by atoms with Gasteiger partial charge in [-0.1, -0.05) is 9.64 Å². The zero-order chi connectivity index (χ0) is 20.0. The summed E-state index contributed by atoms with van der Waals surface area (Å²) in [5.74, 6) is -3.33. The SMILES string of the molecule is CC(C(=O)[O-])N1CCN(C(C)C(=O)[O-])CCS(=S)N(C(C)C(=O)[O-])CC1.[Gd+3]. The second kappa shape index (κ2) is 12.7. The predicted octanol–water partition coefficient (Wildman–Crippen LogP) is -4.68. The Balaban J connectivity index is 0.00000676. The van der Waals surface area contributed by atoms with Crippen LogP contribution in [-0.4, -0.2) is 88.6 Å². The average molecular weight is 564 g/mol. The van der Waals surface area contributed by atoms with Crippen LogP contribution in [-0.2, 0) is 35.2 Å². The van der Waals surface area contributed by atoms with Gasteiger partial charge in [-0.2, -0.15) is 0 Å². The minimum atomic E-state index is -1.26. The first-order chi connectivity index (χ1) is 12.1. The van der Waals surface area contributed by atoms with Gasteiger partial charge in [0.2, 0.25) is 0 Å². The van der Waals surface area contributed by atoms with Crippen LogP contribution in [0.4, 0.5) is 0 Å². The molecule has 0 aromatic rings. The molecule has 0 aromatic carbocycles. The van der Waals surface area contributed by atoms with Crippen molar-refractivity contribution >= 4 is 38.7 Å². The molecule has 1 fully saturated rings. The molecule has 0 amide bonds. The maximum atomic E-state index is 11.3. The Morgan fingerprint density at radius 1 is 0.778 bits per heavy atom. The molecule has 0 aromatic heterocycles. The number of hydrogen-bond acceptors (Lipinski definition) is 9. The van der Waals surface area contributed by atoms with Gasteiger partial charge in [-0.05, 0) is 32.0 Å². The van der Waals surface area contributed by atoms with Crippen LogP contribution in [0.15, 0.2) is 0 Å². The number of carbonyl (C=O) groups excluding carboxylic acids is 3. The molecule has 12 heteroatoms. The zero-order valence-electron chi connectivity index (χ0n) is 15.4. The van der Waals surface area contributed by atoms with E-state index in [0.717, 1.165) is 0 Å². The molecule has 1 aliphatic rings. The number of carboxylic acid groups (broad SMARTS) is 3. The number of carboxylic acids is 3. The van der Waals surface area contributed by atoms with Crippen molar-refractivity contribution in [1.29, 1.82) is 0 Å². The Morgan fingerprint density at radius 2 is 1.15 bits per heavy atom.